The van der Waals surface area contributed by atoms with Crippen LogP contribution < -0.4 is 4.90 Å². The summed E-state index contributed by atoms with van der Waals surface area (Å²) >= 11 is 0. The molecule has 1 aliphatic heterocycles. The fourth-order valence-corrected chi connectivity index (χ4v) is 5.18. The molecule has 4 heterocycles. The van der Waals surface area contributed by atoms with E-state index in [2.05, 4.69) is 44.2 Å². The second kappa shape index (κ2) is 10.9. The van der Waals surface area contributed by atoms with Gasteiger partial charge >= 0.3 is 6.09 Å². The molecule has 1 fully saturated rings. The van der Waals surface area contributed by atoms with Crippen molar-refractivity contribution >= 4 is 22.8 Å². The average molecular weight is 571 g/mol. The molecule has 8 nitrogen and oxygen atoms in total. The van der Waals surface area contributed by atoms with Gasteiger partial charge in [0.15, 0.2) is 0 Å². The lowest BCUT2D eigenvalue weighted by Crippen LogP contribution is -2.50. The average Bonchev–Trinajstić information content (AvgIpc) is 3.61. The number of H-pyrrole nitrogens is 1. The maximum atomic E-state index is 14.2. The third-order valence-corrected chi connectivity index (χ3v) is 7.29. The Morgan fingerprint density at radius 3 is 2.57 bits per heavy atom. The van der Waals surface area contributed by atoms with Crippen LogP contribution in [0.25, 0.3) is 33.3 Å². The molecule has 1 saturated heterocycles. The van der Waals surface area contributed by atoms with Crippen LogP contribution in [0.3, 0.4) is 0 Å². The minimum absolute atomic E-state index is 0.119. The number of aromatic nitrogens is 4. The molecule has 5 aromatic rings. The molecule has 0 radical (unpaired) electrons. The number of nitrogens with zero attached hydrogens (tertiary/aromatic N) is 5. The number of aromatic amines is 1. The lowest BCUT2D eigenvalue weighted by molar-refractivity contribution is 0.0240. The van der Waals surface area contributed by atoms with Crippen molar-refractivity contribution in [2.75, 3.05) is 31.1 Å². The largest absolute Gasteiger partial charge is 0.444 e. The molecule has 0 saturated carbocycles. The highest BCUT2D eigenvalue weighted by Gasteiger charge is 2.26. The summed E-state index contributed by atoms with van der Waals surface area (Å²) in [7, 11) is 0. The molecule has 6 rings (SSSR count). The molecule has 3 aromatic heterocycles. The van der Waals surface area contributed by atoms with Crippen molar-refractivity contribution in [2.45, 2.75) is 32.9 Å². The first-order valence-electron chi connectivity index (χ1n) is 13.9. The van der Waals surface area contributed by atoms with E-state index in [1.54, 1.807) is 15.8 Å². The lowest BCUT2D eigenvalue weighted by atomic mass is 10.0. The Bertz CT molecular complexity index is 1750. The van der Waals surface area contributed by atoms with Crippen LogP contribution in [0, 0.1) is 11.6 Å². The second-order valence-corrected chi connectivity index (χ2v) is 11.5. The van der Waals surface area contributed by atoms with Crippen molar-refractivity contribution in [1.29, 1.82) is 0 Å². The Hall–Kier alpha value is -4.73. The molecule has 42 heavy (non-hydrogen) atoms. The van der Waals surface area contributed by atoms with E-state index in [9.17, 15) is 13.6 Å². The Labute approximate surface area is 242 Å². The number of rotatable bonds is 5. The number of hydrogen-bond donors (Lipinski definition) is 1. The van der Waals surface area contributed by atoms with Crippen molar-refractivity contribution in [2.24, 2.45) is 0 Å². The molecule has 10 heteroatoms. The van der Waals surface area contributed by atoms with Crippen LogP contribution >= 0.6 is 0 Å². The summed E-state index contributed by atoms with van der Waals surface area (Å²) in [6.07, 6.45) is 6.98. The number of carbonyl (C=O) groups is 1. The van der Waals surface area contributed by atoms with Gasteiger partial charge in [0.1, 0.15) is 22.9 Å². The van der Waals surface area contributed by atoms with Gasteiger partial charge in [0.25, 0.3) is 0 Å². The summed E-state index contributed by atoms with van der Waals surface area (Å²) in [4.78, 5) is 24.4. The molecule has 1 N–H and O–H groups in total. The number of ether oxygens (including phenoxy) is 1. The standard InChI is InChI=1S/C32H32F2N6O2/c1-32(2,3)42-31(41)39-11-9-38(10-12-39)26-6-4-5-21(14-26)22-15-27-28(18-36-30(27)35-16-22)24-17-37-40(20-24)19-23-13-25(33)7-8-29(23)34/h4-8,13-18,20H,9-12,19H2,1-3H3,(H,35,36). The van der Waals surface area contributed by atoms with Crippen LogP contribution in [0.1, 0.15) is 26.3 Å². The minimum Gasteiger partial charge on any atom is -0.444 e. The summed E-state index contributed by atoms with van der Waals surface area (Å²) in [5.74, 6) is -0.956. The zero-order valence-electron chi connectivity index (χ0n) is 23.8. The van der Waals surface area contributed by atoms with Gasteiger partial charge in [-0.2, -0.15) is 5.10 Å². The molecule has 0 bridgehead atoms. The minimum atomic E-state index is -0.514. The van der Waals surface area contributed by atoms with Gasteiger partial charge in [-0.25, -0.2) is 18.6 Å². The molecule has 0 aliphatic carbocycles. The highest BCUT2D eigenvalue weighted by Crippen LogP contribution is 2.32. The van der Waals surface area contributed by atoms with E-state index in [0.29, 0.717) is 26.2 Å². The van der Waals surface area contributed by atoms with Crippen LogP contribution in [0.4, 0.5) is 19.3 Å². The Morgan fingerprint density at radius 2 is 1.79 bits per heavy atom. The fourth-order valence-electron chi connectivity index (χ4n) is 5.18. The summed E-state index contributed by atoms with van der Waals surface area (Å²) < 4.78 is 34.9. The molecule has 1 amide bonds. The van der Waals surface area contributed by atoms with E-state index in [1.807, 2.05) is 45.4 Å². The molecule has 1 aliphatic rings. The number of hydrogen-bond acceptors (Lipinski definition) is 5. The van der Waals surface area contributed by atoms with Crippen LogP contribution in [-0.4, -0.2) is 62.5 Å². The van der Waals surface area contributed by atoms with Gasteiger partial charge in [-0.1, -0.05) is 12.1 Å². The molecular formula is C32H32F2N6O2. The zero-order valence-corrected chi connectivity index (χ0v) is 23.8. The van der Waals surface area contributed by atoms with Crippen molar-refractivity contribution < 1.29 is 18.3 Å². The first-order valence-corrected chi connectivity index (χ1v) is 13.9. The topological polar surface area (TPSA) is 79.3 Å². The maximum absolute atomic E-state index is 14.2. The second-order valence-electron chi connectivity index (χ2n) is 11.5. The zero-order chi connectivity index (χ0) is 29.4. The van der Waals surface area contributed by atoms with Gasteiger partial charge in [-0.3, -0.25) is 4.68 Å². The van der Waals surface area contributed by atoms with Gasteiger partial charge in [0.2, 0.25) is 0 Å². The summed E-state index contributed by atoms with van der Waals surface area (Å²) in [5, 5.41) is 5.31. The van der Waals surface area contributed by atoms with E-state index in [4.69, 9.17) is 4.74 Å². The maximum Gasteiger partial charge on any atom is 0.410 e. The summed E-state index contributed by atoms with van der Waals surface area (Å²) in [6.45, 7) is 8.36. The monoisotopic (exact) mass is 570 g/mol. The predicted octanol–water partition coefficient (Wildman–Crippen LogP) is 6.48. The Kier molecular flexibility index (Phi) is 7.14. The third-order valence-electron chi connectivity index (χ3n) is 7.29. The quantitative estimate of drug-likeness (QED) is 0.262. The third kappa shape index (κ3) is 5.83. The Balaban J connectivity index is 1.20. The highest BCUT2D eigenvalue weighted by atomic mass is 19.1. The number of benzene rings is 2. The van der Waals surface area contributed by atoms with E-state index in [0.717, 1.165) is 51.1 Å². The van der Waals surface area contributed by atoms with Crippen molar-refractivity contribution in [3.05, 3.63) is 90.5 Å². The number of piperazine rings is 1. The van der Waals surface area contributed by atoms with E-state index in [-0.39, 0.29) is 18.2 Å². The predicted molar refractivity (Wildman–Crippen MR) is 158 cm³/mol. The number of halogens is 2. The number of anilines is 1. The van der Waals surface area contributed by atoms with Gasteiger partial charge in [-0.15, -0.1) is 0 Å². The molecule has 216 valence electrons. The van der Waals surface area contributed by atoms with Crippen molar-refractivity contribution in [1.82, 2.24) is 24.6 Å². The Morgan fingerprint density at radius 1 is 0.976 bits per heavy atom. The summed E-state index contributed by atoms with van der Waals surface area (Å²) in [5.41, 5.74) is 5.29. The first-order chi connectivity index (χ1) is 20.1. The molecule has 0 spiro atoms. The normalized spacial score (nSPS) is 14.0. The van der Waals surface area contributed by atoms with Crippen LogP contribution in [0.2, 0.25) is 0 Å². The van der Waals surface area contributed by atoms with Gasteiger partial charge in [0.05, 0.1) is 12.7 Å². The highest BCUT2D eigenvalue weighted by molar-refractivity contribution is 5.95. The number of amides is 1. The van der Waals surface area contributed by atoms with Crippen LogP contribution in [-0.2, 0) is 11.3 Å². The smallest absolute Gasteiger partial charge is 0.410 e. The van der Waals surface area contributed by atoms with Crippen LogP contribution in [0.5, 0.6) is 0 Å². The van der Waals surface area contributed by atoms with E-state index >= 15 is 0 Å². The van der Waals surface area contributed by atoms with Gasteiger partial charge in [0, 0.05) is 78.1 Å². The number of pyridine rings is 1. The molecule has 0 atom stereocenters. The van der Waals surface area contributed by atoms with Crippen LogP contribution in [0.15, 0.2) is 73.3 Å². The fraction of sp³-hybridized carbons (Fsp3) is 0.281. The number of nitrogens with one attached hydrogen (secondary N) is 1. The van der Waals surface area contributed by atoms with E-state index in [1.165, 1.54) is 6.07 Å². The first kappa shape index (κ1) is 27.4. The van der Waals surface area contributed by atoms with Gasteiger partial charge in [-0.05, 0) is 62.7 Å². The number of carbonyl (C=O) groups excluding carboxylic acids is 1. The number of fused-ring (bicyclic) bond motifs is 1. The van der Waals surface area contributed by atoms with E-state index < -0.39 is 17.2 Å². The summed E-state index contributed by atoms with van der Waals surface area (Å²) in [6, 6.07) is 13.8. The van der Waals surface area contributed by atoms with Gasteiger partial charge < -0.3 is 19.5 Å². The molecular weight excluding hydrogens is 538 g/mol. The van der Waals surface area contributed by atoms with Crippen molar-refractivity contribution in [3.63, 3.8) is 0 Å². The molecule has 2 aromatic carbocycles. The SMILES string of the molecule is CC(C)(C)OC(=O)N1CCN(c2cccc(-c3cnc4[nH]cc(-c5cnn(Cc6cc(F)ccc6F)c5)c4c3)c2)CC1. The lowest BCUT2D eigenvalue weighted by Gasteiger charge is -2.36. The van der Waals surface area contributed by atoms with Crippen molar-refractivity contribution in [3.8, 4) is 22.3 Å². The molecule has 0 unspecified atom stereocenters.